The molecule has 1 heterocycles. The fourth-order valence-corrected chi connectivity index (χ4v) is 3.34. The summed E-state index contributed by atoms with van der Waals surface area (Å²) in [6.45, 7) is 1.33. The number of nitrogens with zero attached hydrogens (tertiary/aromatic N) is 1. The van der Waals surface area contributed by atoms with Gasteiger partial charge < -0.3 is 15.3 Å². The van der Waals surface area contributed by atoms with Crippen LogP contribution in [0.4, 0.5) is 4.39 Å². The lowest BCUT2D eigenvalue weighted by Gasteiger charge is -2.31. The normalized spacial score (nSPS) is 14.8. The molecule has 0 radical (unpaired) electrons. The molecular weight excluding hydrogens is 347 g/mol. The van der Waals surface area contributed by atoms with Crippen LogP contribution in [0.3, 0.4) is 0 Å². The van der Waals surface area contributed by atoms with Gasteiger partial charge >= 0.3 is 0 Å². The van der Waals surface area contributed by atoms with Gasteiger partial charge in [-0.15, -0.1) is 0 Å². The van der Waals surface area contributed by atoms with Crippen LogP contribution < -0.4 is 5.32 Å². The summed E-state index contributed by atoms with van der Waals surface area (Å²) in [5, 5.41) is 12.7. The predicted molar refractivity (Wildman–Crippen MR) is 99.8 cm³/mol. The molecule has 2 N–H and O–H groups in total. The third-order valence-corrected chi connectivity index (χ3v) is 4.94. The quantitative estimate of drug-likeness (QED) is 0.850. The summed E-state index contributed by atoms with van der Waals surface area (Å²) in [5.41, 5.74) is 0.867. The fourth-order valence-electron chi connectivity index (χ4n) is 3.34. The number of phenols is 1. The van der Waals surface area contributed by atoms with E-state index in [4.69, 9.17) is 0 Å². The van der Waals surface area contributed by atoms with Crippen LogP contribution in [0, 0.1) is 11.7 Å². The number of benzene rings is 2. The Morgan fingerprint density at radius 2 is 1.74 bits per heavy atom. The molecule has 1 aliphatic rings. The minimum absolute atomic E-state index is 0.0319. The van der Waals surface area contributed by atoms with Crippen molar-refractivity contribution >= 4 is 11.8 Å². The molecule has 2 amide bonds. The van der Waals surface area contributed by atoms with E-state index < -0.39 is 0 Å². The number of hydrogen-bond donors (Lipinski definition) is 2. The Balaban J connectivity index is 1.46. The molecular formula is C21H23FN2O3. The Bertz CT molecular complexity index is 817. The number of likely N-dealkylation sites (tertiary alicyclic amines) is 1. The van der Waals surface area contributed by atoms with Gasteiger partial charge in [0.1, 0.15) is 11.6 Å². The number of aromatic hydroxyl groups is 1. The molecule has 2 aromatic carbocycles. The van der Waals surface area contributed by atoms with E-state index >= 15 is 0 Å². The standard InChI is InChI=1S/C21H23FN2O3/c22-18-7-3-1-5-15(18)9-12-23-20(26)16-10-13-24(14-11-16)21(27)17-6-2-4-8-19(17)25/h1-8,16,25H,9-14H2,(H,23,26). The van der Waals surface area contributed by atoms with E-state index in [2.05, 4.69) is 5.32 Å². The SMILES string of the molecule is O=C(NCCc1ccccc1F)C1CCN(C(=O)c2ccccc2O)CC1. The highest BCUT2D eigenvalue weighted by atomic mass is 19.1. The largest absolute Gasteiger partial charge is 0.507 e. The van der Waals surface area contributed by atoms with Gasteiger partial charge in [-0.05, 0) is 43.0 Å². The number of hydrogen-bond acceptors (Lipinski definition) is 3. The van der Waals surface area contributed by atoms with Crippen molar-refractivity contribution < 1.29 is 19.1 Å². The Labute approximate surface area is 157 Å². The Morgan fingerprint density at radius 3 is 2.44 bits per heavy atom. The average molecular weight is 370 g/mol. The summed E-state index contributed by atoms with van der Waals surface area (Å²) in [4.78, 5) is 26.5. The first-order valence-electron chi connectivity index (χ1n) is 9.14. The van der Waals surface area contributed by atoms with E-state index in [0.717, 1.165) is 0 Å². The second-order valence-corrected chi connectivity index (χ2v) is 6.72. The fraction of sp³-hybridized carbons (Fsp3) is 0.333. The molecule has 3 rings (SSSR count). The number of phenolic OH excluding ortho intramolecular Hbond substituents is 1. The van der Waals surface area contributed by atoms with Crippen LogP contribution in [0.15, 0.2) is 48.5 Å². The first-order chi connectivity index (χ1) is 13.1. The molecule has 0 bridgehead atoms. The maximum Gasteiger partial charge on any atom is 0.257 e. The van der Waals surface area contributed by atoms with Crippen molar-refractivity contribution in [3.05, 3.63) is 65.5 Å². The van der Waals surface area contributed by atoms with Gasteiger partial charge in [0.25, 0.3) is 5.91 Å². The first-order valence-corrected chi connectivity index (χ1v) is 9.14. The molecule has 0 aliphatic carbocycles. The molecule has 27 heavy (non-hydrogen) atoms. The highest BCUT2D eigenvalue weighted by Gasteiger charge is 2.28. The van der Waals surface area contributed by atoms with Gasteiger partial charge in [-0.2, -0.15) is 0 Å². The molecule has 0 unspecified atom stereocenters. The molecule has 6 heteroatoms. The Hall–Kier alpha value is -2.89. The van der Waals surface area contributed by atoms with Crippen molar-refractivity contribution in [2.75, 3.05) is 19.6 Å². The smallest absolute Gasteiger partial charge is 0.257 e. The number of amides is 2. The summed E-state index contributed by atoms with van der Waals surface area (Å²) in [6, 6.07) is 13.0. The number of para-hydroxylation sites is 1. The van der Waals surface area contributed by atoms with E-state index in [1.807, 2.05) is 0 Å². The molecule has 0 aromatic heterocycles. The topological polar surface area (TPSA) is 69.6 Å². The van der Waals surface area contributed by atoms with Gasteiger partial charge in [0, 0.05) is 25.6 Å². The van der Waals surface area contributed by atoms with Crippen molar-refractivity contribution in [3.63, 3.8) is 0 Å². The summed E-state index contributed by atoms with van der Waals surface area (Å²) in [7, 11) is 0. The number of carbonyl (C=O) groups excluding carboxylic acids is 2. The summed E-state index contributed by atoms with van der Waals surface area (Å²) in [6.07, 6.45) is 1.60. The average Bonchev–Trinajstić information content (AvgIpc) is 2.69. The van der Waals surface area contributed by atoms with E-state index in [1.165, 1.54) is 12.1 Å². The highest BCUT2D eigenvalue weighted by Crippen LogP contribution is 2.23. The van der Waals surface area contributed by atoms with Crippen molar-refractivity contribution in [2.24, 2.45) is 5.92 Å². The third-order valence-electron chi connectivity index (χ3n) is 4.94. The number of halogens is 1. The second-order valence-electron chi connectivity index (χ2n) is 6.72. The minimum atomic E-state index is -0.261. The van der Waals surface area contributed by atoms with E-state index in [9.17, 15) is 19.1 Å². The van der Waals surface area contributed by atoms with Crippen LogP contribution in [-0.2, 0) is 11.2 Å². The molecule has 2 aromatic rings. The Morgan fingerprint density at radius 1 is 1.07 bits per heavy atom. The van der Waals surface area contributed by atoms with Crippen molar-refractivity contribution in [1.29, 1.82) is 0 Å². The third kappa shape index (κ3) is 4.64. The molecule has 0 spiro atoms. The maximum absolute atomic E-state index is 13.6. The zero-order valence-electron chi connectivity index (χ0n) is 15.0. The van der Waals surface area contributed by atoms with E-state index in [-0.39, 0.29) is 34.9 Å². The maximum atomic E-state index is 13.6. The summed E-state index contributed by atoms with van der Waals surface area (Å²) >= 11 is 0. The summed E-state index contributed by atoms with van der Waals surface area (Å²) < 4.78 is 13.6. The first kappa shape index (κ1) is 18.9. The number of carbonyl (C=O) groups is 2. The van der Waals surface area contributed by atoms with Gasteiger partial charge in [-0.1, -0.05) is 30.3 Å². The van der Waals surface area contributed by atoms with Gasteiger partial charge in [-0.25, -0.2) is 4.39 Å². The minimum Gasteiger partial charge on any atom is -0.507 e. The molecule has 142 valence electrons. The van der Waals surface area contributed by atoms with Crippen LogP contribution >= 0.6 is 0 Å². The lowest BCUT2D eigenvalue weighted by atomic mass is 9.95. The van der Waals surface area contributed by atoms with Crippen LogP contribution in [0.1, 0.15) is 28.8 Å². The molecule has 1 aliphatic heterocycles. The van der Waals surface area contributed by atoms with Crippen LogP contribution in [-0.4, -0.2) is 41.5 Å². The molecule has 1 saturated heterocycles. The van der Waals surface area contributed by atoms with Crippen molar-refractivity contribution in [3.8, 4) is 5.75 Å². The van der Waals surface area contributed by atoms with Crippen LogP contribution in [0.5, 0.6) is 5.75 Å². The van der Waals surface area contributed by atoms with Crippen molar-refractivity contribution in [2.45, 2.75) is 19.3 Å². The van der Waals surface area contributed by atoms with E-state index in [0.29, 0.717) is 44.5 Å². The molecule has 0 atom stereocenters. The Kier molecular flexibility index (Phi) is 6.06. The van der Waals surface area contributed by atoms with Gasteiger partial charge in [0.2, 0.25) is 5.91 Å². The summed E-state index contributed by atoms with van der Waals surface area (Å²) in [5.74, 6) is -0.718. The van der Waals surface area contributed by atoms with Gasteiger partial charge in [0.15, 0.2) is 0 Å². The zero-order valence-corrected chi connectivity index (χ0v) is 15.0. The van der Waals surface area contributed by atoms with Crippen molar-refractivity contribution in [1.82, 2.24) is 10.2 Å². The molecule has 5 nitrogen and oxygen atoms in total. The number of rotatable bonds is 5. The zero-order chi connectivity index (χ0) is 19.2. The molecule has 0 saturated carbocycles. The predicted octanol–water partition coefficient (Wildman–Crippen LogP) is 2.74. The van der Waals surface area contributed by atoms with Crippen LogP contribution in [0.2, 0.25) is 0 Å². The lowest BCUT2D eigenvalue weighted by Crippen LogP contribution is -2.43. The monoisotopic (exact) mass is 370 g/mol. The highest BCUT2D eigenvalue weighted by molar-refractivity contribution is 5.97. The van der Waals surface area contributed by atoms with E-state index in [1.54, 1.807) is 41.3 Å². The number of nitrogens with one attached hydrogen (secondary N) is 1. The molecule has 1 fully saturated rings. The van der Waals surface area contributed by atoms with Gasteiger partial charge in [0.05, 0.1) is 5.56 Å². The number of piperidine rings is 1. The lowest BCUT2D eigenvalue weighted by molar-refractivity contribution is -0.126. The second kappa shape index (κ2) is 8.66. The van der Waals surface area contributed by atoms with Crippen LogP contribution in [0.25, 0.3) is 0 Å². The van der Waals surface area contributed by atoms with Gasteiger partial charge in [-0.3, -0.25) is 9.59 Å².